The van der Waals surface area contributed by atoms with E-state index in [1.54, 1.807) is 13.0 Å². The van der Waals surface area contributed by atoms with E-state index < -0.39 is 5.97 Å². The van der Waals surface area contributed by atoms with Crippen LogP contribution in [-0.2, 0) is 0 Å². The van der Waals surface area contributed by atoms with Crippen LogP contribution in [0.3, 0.4) is 0 Å². The summed E-state index contributed by atoms with van der Waals surface area (Å²) >= 11 is 0. The van der Waals surface area contributed by atoms with Crippen molar-refractivity contribution >= 4 is 11.7 Å². The molecule has 0 radical (unpaired) electrons. The Labute approximate surface area is 112 Å². The molecule has 19 heavy (non-hydrogen) atoms. The zero-order valence-corrected chi connectivity index (χ0v) is 11.7. The van der Waals surface area contributed by atoms with E-state index in [2.05, 4.69) is 10.3 Å². The second-order valence-electron chi connectivity index (χ2n) is 5.85. The van der Waals surface area contributed by atoms with Crippen molar-refractivity contribution in [1.29, 1.82) is 0 Å². The number of nitrogens with one attached hydrogen (secondary N) is 1. The first-order chi connectivity index (χ1) is 8.73. The van der Waals surface area contributed by atoms with Crippen LogP contribution in [0.15, 0.2) is 6.07 Å². The number of carbonyl (C=O) groups is 1. The molecule has 5 heteroatoms. The number of hydrogen-bond acceptors (Lipinski definition) is 4. The average molecular weight is 264 g/mol. The lowest BCUT2D eigenvalue weighted by molar-refractivity contribution is -0.0510. The minimum absolute atomic E-state index is 0.0711. The SMILES string of the molecule is Cc1cc(NC2CC(O)C2(C)C)c(C(=O)O)c(C)n1. The third-order valence-corrected chi connectivity index (χ3v) is 4.09. The Bertz CT molecular complexity index is 526. The highest BCUT2D eigenvalue weighted by molar-refractivity contribution is 5.95. The van der Waals surface area contributed by atoms with Gasteiger partial charge in [0.05, 0.1) is 17.5 Å². The molecule has 1 aliphatic rings. The Morgan fingerprint density at radius 3 is 2.58 bits per heavy atom. The summed E-state index contributed by atoms with van der Waals surface area (Å²) in [5.74, 6) is -0.981. The summed E-state index contributed by atoms with van der Waals surface area (Å²) < 4.78 is 0. The number of anilines is 1. The van der Waals surface area contributed by atoms with Gasteiger partial charge in [0.2, 0.25) is 0 Å². The Kier molecular flexibility index (Phi) is 3.26. The monoisotopic (exact) mass is 264 g/mol. The molecule has 5 nitrogen and oxygen atoms in total. The van der Waals surface area contributed by atoms with Crippen LogP contribution in [0, 0.1) is 19.3 Å². The summed E-state index contributed by atoms with van der Waals surface area (Å²) in [6, 6.07) is 1.82. The Morgan fingerprint density at radius 2 is 2.11 bits per heavy atom. The zero-order valence-electron chi connectivity index (χ0n) is 11.7. The number of aryl methyl sites for hydroxylation is 2. The van der Waals surface area contributed by atoms with E-state index in [4.69, 9.17) is 0 Å². The van der Waals surface area contributed by atoms with E-state index in [1.165, 1.54) is 0 Å². The van der Waals surface area contributed by atoms with Crippen LogP contribution in [0.4, 0.5) is 5.69 Å². The summed E-state index contributed by atoms with van der Waals surface area (Å²) in [5.41, 5.74) is 1.83. The van der Waals surface area contributed by atoms with E-state index >= 15 is 0 Å². The number of nitrogens with zero attached hydrogens (tertiary/aromatic N) is 1. The molecule has 0 aromatic carbocycles. The maximum atomic E-state index is 11.3. The predicted octanol–water partition coefficient (Wildman–Crippen LogP) is 1.97. The van der Waals surface area contributed by atoms with E-state index in [0.717, 1.165) is 5.69 Å². The molecule has 2 unspecified atom stereocenters. The molecule has 1 saturated carbocycles. The number of carboxylic acids is 1. The number of aliphatic hydroxyl groups excluding tert-OH is 1. The quantitative estimate of drug-likeness (QED) is 0.777. The van der Waals surface area contributed by atoms with Crippen molar-refractivity contribution in [3.8, 4) is 0 Å². The molecule has 1 aliphatic carbocycles. The van der Waals surface area contributed by atoms with Crippen LogP contribution in [-0.4, -0.2) is 33.3 Å². The van der Waals surface area contributed by atoms with Crippen LogP contribution in [0.25, 0.3) is 0 Å². The Balaban J connectivity index is 2.33. The summed E-state index contributed by atoms with van der Waals surface area (Å²) in [7, 11) is 0. The van der Waals surface area contributed by atoms with Gasteiger partial charge in [0.15, 0.2) is 0 Å². The second-order valence-corrected chi connectivity index (χ2v) is 5.85. The topological polar surface area (TPSA) is 82.5 Å². The van der Waals surface area contributed by atoms with Crippen molar-refractivity contribution in [3.63, 3.8) is 0 Å². The lowest BCUT2D eigenvalue weighted by Crippen LogP contribution is -2.57. The highest BCUT2D eigenvalue weighted by Gasteiger charge is 2.47. The normalized spacial score (nSPS) is 24.7. The number of aromatic carboxylic acids is 1. The van der Waals surface area contributed by atoms with Gasteiger partial charge in [-0.2, -0.15) is 0 Å². The van der Waals surface area contributed by atoms with Crippen LogP contribution >= 0.6 is 0 Å². The lowest BCUT2D eigenvalue weighted by Gasteiger charge is -2.50. The summed E-state index contributed by atoms with van der Waals surface area (Å²) in [6.45, 7) is 7.48. The lowest BCUT2D eigenvalue weighted by atomic mass is 9.64. The second kappa shape index (κ2) is 4.49. The number of carboxylic acid groups (broad SMARTS) is 1. The van der Waals surface area contributed by atoms with E-state index in [-0.39, 0.29) is 23.1 Å². The fourth-order valence-corrected chi connectivity index (χ4v) is 2.55. The number of hydrogen-bond donors (Lipinski definition) is 3. The molecule has 2 atom stereocenters. The third kappa shape index (κ3) is 2.30. The van der Waals surface area contributed by atoms with Gasteiger partial charge < -0.3 is 15.5 Å². The summed E-state index contributed by atoms with van der Waals surface area (Å²) in [6.07, 6.45) is 0.286. The molecule has 1 aromatic heterocycles. The molecule has 0 bridgehead atoms. The van der Waals surface area contributed by atoms with E-state index in [1.807, 2.05) is 20.8 Å². The molecule has 3 N–H and O–H groups in total. The third-order valence-electron chi connectivity index (χ3n) is 4.09. The predicted molar refractivity (Wildman–Crippen MR) is 72.5 cm³/mol. The van der Waals surface area contributed by atoms with Crippen LogP contribution < -0.4 is 5.32 Å². The smallest absolute Gasteiger partial charge is 0.339 e. The number of rotatable bonds is 3. The first-order valence-corrected chi connectivity index (χ1v) is 6.39. The number of aliphatic hydroxyl groups is 1. The summed E-state index contributed by atoms with van der Waals surface area (Å²) in [4.78, 5) is 15.5. The Morgan fingerprint density at radius 1 is 1.47 bits per heavy atom. The van der Waals surface area contributed by atoms with Crippen molar-refractivity contribution in [2.75, 3.05) is 5.32 Å². The van der Waals surface area contributed by atoms with Crippen molar-refractivity contribution in [2.24, 2.45) is 5.41 Å². The summed E-state index contributed by atoms with van der Waals surface area (Å²) in [5, 5.41) is 22.3. The molecule has 1 heterocycles. The molecular weight excluding hydrogens is 244 g/mol. The minimum atomic E-state index is -0.981. The van der Waals surface area contributed by atoms with Crippen molar-refractivity contribution in [1.82, 2.24) is 4.98 Å². The molecule has 0 saturated heterocycles. The molecule has 104 valence electrons. The van der Waals surface area contributed by atoms with Gasteiger partial charge in [0.1, 0.15) is 5.56 Å². The van der Waals surface area contributed by atoms with E-state index in [0.29, 0.717) is 17.8 Å². The maximum Gasteiger partial charge on any atom is 0.339 e. The maximum absolute atomic E-state index is 11.3. The van der Waals surface area contributed by atoms with Gasteiger partial charge in [-0.05, 0) is 26.3 Å². The van der Waals surface area contributed by atoms with Gasteiger partial charge in [-0.3, -0.25) is 4.98 Å². The molecule has 0 amide bonds. The van der Waals surface area contributed by atoms with Gasteiger partial charge in [-0.15, -0.1) is 0 Å². The highest BCUT2D eigenvalue weighted by atomic mass is 16.4. The number of pyridine rings is 1. The zero-order chi connectivity index (χ0) is 14.4. The van der Waals surface area contributed by atoms with Crippen LogP contribution in [0.2, 0.25) is 0 Å². The van der Waals surface area contributed by atoms with Crippen molar-refractivity contribution < 1.29 is 15.0 Å². The van der Waals surface area contributed by atoms with Crippen molar-refractivity contribution in [2.45, 2.75) is 46.3 Å². The number of aromatic nitrogens is 1. The first kappa shape index (κ1) is 13.8. The van der Waals surface area contributed by atoms with Gasteiger partial charge in [-0.1, -0.05) is 13.8 Å². The van der Waals surface area contributed by atoms with Gasteiger partial charge in [-0.25, -0.2) is 4.79 Å². The minimum Gasteiger partial charge on any atom is -0.478 e. The van der Waals surface area contributed by atoms with E-state index in [9.17, 15) is 15.0 Å². The first-order valence-electron chi connectivity index (χ1n) is 6.39. The van der Waals surface area contributed by atoms with Gasteiger partial charge in [0, 0.05) is 17.2 Å². The molecular formula is C14H20N2O3. The Hall–Kier alpha value is -1.62. The van der Waals surface area contributed by atoms with Gasteiger partial charge in [0.25, 0.3) is 0 Å². The largest absolute Gasteiger partial charge is 0.478 e. The molecule has 2 rings (SSSR count). The van der Waals surface area contributed by atoms with Crippen LogP contribution in [0.5, 0.6) is 0 Å². The highest BCUT2D eigenvalue weighted by Crippen LogP contribution is 2.42. The van der Waals surface area contributed by atoms with Crippen molar-refractivity contribution in [3.05, 3.63) is 23.0 Å². The standard InChI is InChI=1S/C14H20N2O3/c1-7-5-9(12(13(18)19)8(2)15-7)16-10-6-11(17)14(10,3)4/h5,10-11,17H,6H2,1-4H3,(H,15,16)(H,18,19). The fraction of sp³-hybridized carbons (Fsp3) is 0.571. The van der Waals surface area contributed by atoms with Crippen LogP contribution in [0.1, 0.15) is 42.0 Å². The van der Waals surface area contributed by atoms with Gasteiger partial charge >= 0.3 is 5.97 Å². The molecule has 0 aliphatic heterocycles. The molecule has 0 spiro atoms. The fourth-order valence-electron chi connectivity index (χ4n) is 2.55. The average Bonchev–Trinajstić information content (AvgIpc) is 2.27. The molecule has 1 fully saturated rings. The molecule has 1 aromatic rings.